The first-order valence-electron chi connectivity index (χ1n) is 4.03. The Hall–Kier alpha value is -0.610. The fraction of sp³-hybridized carbons (Fsp3) is 0.875. The number of rotatable bonds is 2. The second kappa shape index (κ2) is 3.03. The molecule has 0 aromatic heterocycles. The highest BCUT2D eigenvalue weighted by Gasteiger charge is 2.45. The van der Waals surface area contributed by atoms with Crippen LogP contribution in [0.1, 0.15) is 20.3 Å². The van der Waals surface area contributed by atoms with E-state index < -0.39 is 11.6 Å². The van der Waals surface area contributed by atoms with Crippen molar-refractivity contribution in [3.8, 4) is 0 Å². The van der Waals surface area contributed by atoms with E-state index in [9.17, 15) is 9.90 Å². The molecule has 0 aromatic carbocycles. The van der Waals surface area contributed by atoms with Gasteiger partial charge in [-0.1, -0.05) is 0 Å². The number of carboxylic acids is 1. The predicted molar refractivity (Wildman–Crippen MR) is 41.8 cm³/mol. The molecule has 4 nitrogen and oxygen atoms in total. The van der Waals surface area contributed by atoms with Gasteiger partial charge in [0.15, 0.2) is 5.60 Å². The highest BCUT2D eigenvalue weighted by Crippen LogP contribution is 2.31. The molecule has 2 N–H and O–H groups in total. The first kappa shape index (κ1) is 9.48. The lowest BCUT2D eigenvalue weighted by molar-refractivity contribution is -0.164. The van der Waals surface area contributed by atoms with Crippen molar-refractivity contribution in [2.75, 3.05) is 6.61 Å². The maximum atomic E-state index is 10.6. The number of aliphatic hydroxyl groups is 1. The molecule has 3 atom stereocenters. The number of hydrogen-bond donors (Lipinski definition) is 2. The normalized spacial score (nSPS) is 34.6. The molecular formula is C8H14O4. The van der Waals surface area contributed by atoms with Crippen LogP contribution in [0.2, 0.25) is 0 Å². The highest BCUT2D eigenvalue weighted by molar-refractivity contribution is 5.77. The van der Waals surface area contributed by atoms with Crippen LogP contribution < -0.4 is 0 Å². The van der Waals surface area contributed by atoms with Gasteiger partial charge >= 0.3 is 5.97 Å². The van der Waals surface area contributed by atoms with E-state index in [0.717, 1.165) is 0 Å². The smallest absolute Gasteiger partial charge is 0.335 e. The van der Waals surface area contributed by atoms with Crippen molar-refractivity contribution in [1.29, 1.82) is 0 Å². The minimum absolute atomic E-state index is 0.170. The highest BCUT2D eigenvalue weighted by atomic mass is 16.5. The third-order valence-electron chi connectivity index (χ3n) is 2.53. The summed E-state index contributed by atoms with van der Waals surface area (Å²) >= 11 is 0. The fourth-order valence-electron chi connectivity index (χ4n) is 1.63. The molecular weight excluding hydrogens is 160 g/mol. The van der Waals surface area contributed by atoms with Gasteiger partial charge in [-0.3, -0.25) is 0 Å². The molecule has 0 bridgehead atoms. The number of aliphatic carboxylic acids is 1. The minimum Gasteiger partial charge on any atom is -0.479 e. The third kappa shape index (κ3) is 1.44. The van der Waals surface area contributed by atoms with Crippen LogP contribution in [0.5, 0.6) is 0 Å². The van der Waals surface area contributed by atoms with Crippen molar-refractivity contribution in [3.63, 3.8) is 0 Å². The van der Waals surface area contributed by atoms with Gasteiger partial charge in [-0.25, -0.2) is 4.79 Å². The molecule has 4 heteroatoms. The van der Waals surface area contributed by atoms with Gasteiger partial charge in [0.25, 0.3) is 0 Å². The maximum Gasteiger partial charge on any atom is 0.335 e. The van der Waals surface area contributed by atoms with Gasteiger partial charge in [-0.2, -0.15) is 0 Å². The Morgan fingerprint density at radius 3 is 2.58 bits per heavy atom. The Balaban J connectivity index is 2.73. The topological polar surface area (TPSA) is 66.8 Å². The van der Waals surface area contributed by atoms with Gasteiger partial charge in [-0.05, 0) is 20.3 Å². The molecule has 0 amide bonds. The van der Waals surface area contributed by atoms with Gasteiger partial charge in [0.2, 0.25) is 0 Å². The van der Waals surface area contributed by atoms with Gasteiger partial charge in [0.05, 0.1) is 6.10 Å². The number of ether oxygens (including phenoxy) is 1. The third-order valence-corrected chi connectivity index (χ3v) is 2.53. The standard InChI is InChI=1S/C8H14O4/c1-5-6(3-4-12-5)8(2,11)7(9)10/h5-6,11H,3-4H2,1-2H3,(H,9,10). The van der Waals surface area contributed by atoms with Crippen LogP contribution >= 0.6 is 0 Å². The molecule has 1 fully saturated rings. The molecule has 0 aliphatic carbocycles. The van der Waals surface area contributed by atoms with Crippen molar-refractivity contribution in [2.24, 2.45) is 5.92 Å². The molecule has 1 rings (SSSR count). The lowest BCUT2D eigenvalue weighted by Crippen LogP contribution is -2.45. The quantitative estimate of drug-likeness (QED) is 0.629. The Bertz CT molecular complexity index is 187. The molecule has 0 radical (unpaired) electrons. The number of carbonyl (C=O) groups is 1. The van der Waals surface area contributed by atoms with Crippen molar-refractivity contribution in [3.05, 3.63) is 0 Å². The molecule has 0 aromatic rings. The molecule has 0 spiro atoms. The molecule has 70 valence electrons. The van der Waals surface area contributed by atoms with E-state index >= 15 is 0 Å². The number of hydrogen-bond acceptors (Lipinski definition) is 3. The first-order chi connectivity index (χ1) is 5.46. The van der Waals surface area contributed by atoms with Gasteiger partial charge in [0.1, 0.15) is 0 Å². The summed E-state index contributed by atoms with van der Waals surface area (Å²) in [7, 11) is 0. The SMILES string of the molecule is CC1OCCC1C(C)(O)C(=O)O. The summed E-state index contributed by atoms with van der Waals surface area (Å²) in [5.74, 6) is -1.47. The van der Waals surface area contributed by atoms with Crippen molar-refractivity contribution < 1.29 is 19.7 Å². The summed E-state index contributed by atoms with van der Waals surface area (Å²) in [5, 5.41) is 18.3. The van der Waals surface area contributed by atoms with Gasteiger partial charge in [-0.15, -0.1) is 0 Å². The Labute approximate surface area is 71.2 Å². The van der Waals surface area contributed by atoms with Gasteiger partial charge in [0, 0.05) is 12.5 Å². The monoisotopic (exact) mass is 174 g/mol. The zero-order chi connectivity index (χ0) is 9.35. The maximum absolute atomic E-state index is 10.6. The fourth-order valence-corrected chi connectivity index (χ4v) is 1.63. The lowest BCUT2D eigenvalue weighted by atomic mass is 9.84. The van der Waals surface area contributed by atoms with Crippen molar-refractivity contribution in [2.45, 2.75) is 32.0 Å². The van der Waals surface area contributed by atoms with Crippen molar-refractivity contribution >= 4 is 5.97 Å². The van der Waals surface area contributed by atoms with E-state index in [-0.39, 0.29) is 12.0 Å². The van der Waals surface area contributed by atoms with Crippen molar-refractivity contribution in [1.82, 2.24) is 0 Å². The summed E-state index contributed by atoms with van der Waals surface area (Å²) in [6.07, 6.45) is 0.441. The average molecular weight is 174 g/mol. The average Bonchev–Trinajstić information content (AvgIpc) is 2.35. The van der Waals surface area contributed by atoms with E-state index in [1.54, 1.807) is 6.92 Å². The molecule has 0 saturated carbocycles. The Kier molecular flexibility index (Phi) is 2.39. The summed E-state index contributed by atoms with van der Waals surface area (Å²) in [5.41, 5.74) is -1.66. The van der Waals surface area contributed by atoms with Crippen LogP contribution in [0, 0.1) is 5.92 Å². The van der Waals surface area contributed by atoms with Gasteiger partial charge < -0.3 is 14.9 Å². The van der Waals surface area contributed by atoms with Crippen LogP contribution in [0.15, 0.2) is 0 Å². The Morgan fingerprint density at radius 1 is 1.67 bits per heavy atom. The van der Waals surface area contributed by atoms with E-state index in [2.05, 4.69) is 0 Å². The predicted octanol–water partition coefficient (Wildman–Crippen LogP) is 0.247. The molecule has 3 unspecified atom stereocenters. The van der Waals surface area contributed by atoms with Crippen LogP contribution in [0.25, 0.3) is 0 Å². The first-order valence-corrected chi connectivity index (χ1v) is 4.03. The van der Waals surface area contributed by atoms with Crippen LogP contribution in [0.4, 0.5) is 0 Å². The lowest BCUT2D eigenvalue weighted by Gasteiger charge is -2.27. The zero-order valence-electron chi connectivity index (χ0n) is 7.28. The molecule has 1 aliphatic rings. The van der Waals surface area contributed by atoms with Crippen LogP contribution in [-0.2, 0) is 9.53 Å². The minimum atomic E-state index is -1.66. The van der Waals surface area contributed by atoms with E-state index in [0.29, 0.717) is 13.0 Å². The summed E-state index contributed by atoms with van der Waals surface area (Å²) in [4.78, 5) is 10.6. The van der Waals surface area contributed by atoms with Crippen LogP contribution in [-0.4, -0.2) is 34.5 Å². The largest absolute Gasteiger partial charge is 0.479 e. The molecule has 12 heavy (non-hydrogen) atoms. The zero-order valence-corrected chi connectivity index (χ0v) is 7.28. The number of carboxylic acid groups (broad SMARTS) is 1. The van der Waals surface area contributed by atoms with E-state index in [1.807, 2.05) is 0 Å². The van der Waals surface area contributed by atoms with E-state index in [1.165, 1.54) is 6.92 Å². The molecule has 1 saturated heterocycles. The second-order valence-corrected chi connectivity index (χ2v) is 3.42. The van der Waals surface area contributed by atoms with E-state index in [4.69, 9.17) is 9.84 Å². The molecule has 1 heterocycles. The second-order valence-electron chi connectivity index (χ2n) is 3.42. The summed E-state index contributed by atoms with van der Waals surface area (Å²) in [6.45, 7) is 3.65. The summed E-state index contributed by atoms with van der Waals surface area (Å²) < 4.78 is 5.18. The molecule has 1 aliphatic heterocycles. The van der Waals surface area contributed by atoms with Crippen LogP contribution in [0.3, 0.4) is 0 Å². The Morgan fingerprint density at radius 2 is 2.25 bits per heavy atom. The summed E-state index contributed by atoms with van der Waals surface area (Å²) in [6, 6.07) is 0.